The van der Waals surface area contributed by atoms with Gasteiger partial charge in [-0.25, -0.2) is 4.79 Å². The molecule has 1 fully saturated rings. The van der Waals surface area contributed by atoms with Gasteiger partial charge in [-0.05, 0) is 80.7 Å². The first-order valence-corrected chi connectivity index (χ1v) is 11.4. The van der Waals surface area contributed by atoms with Gasteiger partial charge in [0.1, 0.15) is 0 Å². The van der Waals surface area contributed by atoms with Crippen molar-refractivity contribution < 1.29 is 9.53 Å². The van der Waals surface area contributed by atoms with Crippen LogP contribution in [0.5, 0.6) is 0 Å². The monoisotopic (exact) mass is 464 g/mol. The maximum Gasteiger partial charge on any atom is 0.339 e. The molecule has 0 bridgehead atoms. The topological polar surface area (TPSA) is 50.4 Å². The molecule has 1 aliphatic carbocycles. The molecule has 0 radical (unpaired) electrons. The van der Waals surface area contributed by atoms with Crippen LogP contribution in [0.2, 0.25) is 10.0 Å². The maximum absolute atomic E-state index is 12.1. The first kappa shape index (κ1) is 22.9. The third-order valence-electron chi connectivity index (χ3n) is 5.46. The summed E-state index contributed by atoms with van der Waals surface area (Å²) in [5.74, 6) is -0.444. The van der Waals surface area contributed by atoms with Gasteiger partial charge in [-0.1, -0.05) is 48.2 Å². The fourth-order valence-corrected chi connectivity index (χ4v) is 4.55. The molecule has 0 aromatic heterocycles. The maximum atomic E-state index is 12.1. The van der Waals surface area contributed by atoms with E-state index in [2.05, 4.69) is 22.8 Å². The number of nitrogens with one attached hydrogen (secondary N) is 2. The van der Waals surface area contributed by atoms with Gasteiger partial charge >= 0.3 is 5.97 Å². The second-order valence-electron chi connectivity index (χ2n) is 7.61. The lowest BCUT2D eigenvalue weighted by atomic mass is 9.89. The van der Waals surface area contributed by atoms with Gasteiger partial charge < -0.3 is 15.4 Å². The van der Waals surface area contributed by atoms with Crippen molar-refractivity contribution >= 4 is 52.2 Å². The first-order valence-electron chi connectivity index (χ1n) is 10.2. The number of hydrogen-bond acceptors (Lipinski definition) is 3. The molecule has 0 atom stereocenters. The van der Waals surface area contributed by atoms with Gasteiger partial charge in [-0.15, -0.1) is 0 Å². The van der Waals surface area contributed by atoms with Gasteiger partial charge in [0, 0.05) is 16.2 Å². The molecule has 2 aromatic carbocycles. The zero-order chi connectivity index (χ0) is 21.6. The number of ether oxygens (including phenoxy) is 1. The largest absolute Gasteiger partial charge is 0.462 e. The number of halogens is 2. The standard InChI is InChI=1S/C23H26Cl2N2O2S/c1-2-29-21(28)19-15-18(9-10-20(19)25)26-22(30)27-23(12-3-4-13-23)14-11-16-5-7-17(24)8-6-16/h5-10,15H,2-4,11-14H2,1H3,(H2,26,27,30). The smallest absolute Gasteiger partial charge is 0.339 e. The van der Waals surface area contributed by atoms with Crippen LogP contribution in [0.1, 0.15) is 54.9 Å². The second-order valence-corrected chi connectivity index (χ2v) is 8.86. The van der Waals surface area contributed by atoms with E-state index in [-0.39, 0.29) is 5.54 Å². The van der Waals surface area contributed by atoms with Gasteiger partial charge in [0.2, 0.25) is 0 Å². The molecule has 0 saturated heterocycles. The second kappa shape index (κ2) is 10.5. The van der Waals surface area contributed by atoms with Crippen LogP contribution in [0.25, 0.3) is 0 Å². The number of thiocarbonyl (C=S) groups is 1. The van der Waals surface area contributed by atoms with Crippen LogP contribution in [-0.2, 0) is 11.2 Å². The van der Waals surface area contributed by atoms with Gasteiger partial charge in [0.15, 0.2) is 5.11 Å². The van der Waals surface area contributed by atoms with E-state index in [1.807, 2.05) is 12.1 Å². The molecule has 0 unspecified atom stereocenters. The molecule has 0 aliphatic heterocycles. The van der Waals surface area contributed by atoms with E-state index >= 15 is 0 Å². The minimum absolute atomic E-state index is 0.0277. The molecular formula is C23H26Cl2N2O2S. The zero-order valence-electron chi connectivity index (χ0n) is 17.0. The number of anilines is 1. The molecule has 0 heterocycles. The van der Waals surface area contributed by atoms with Crippen LogP contribution in [0, 0.1) is 0 Å². The molecule has 4 nitrogen and oxygen atoms in total. The molecule has 160 valence electrons. The molecule has 1 aliphatic rings. The normalized spacial score (nSPS) is 14.9. The predicted octanol–water partition coefficient (Wildman–Crippen LogP) is 6.40. The Kier molecular flexibility index (Phi) is 7.98. The summed E-state index contributed by atoms with van der Waals surface area (Å²) in [6, 6.07) is 13.2. The SMILES string of the molecule is CCOC(=O)c1cc(NC(=S)NC2(CCc3ccc(Cl)cc3)CCCC2)ccc1Cl. The minimum atomic E-state index is -0.444. The summed E-state index contributed by atoms with van der Waals surface area (Å²) >= 11 is 17.7. The Morgan fingerprint density at radius 3 is 2.50 bits per heavy atom. The van der Waals surface area contributed by atoms with Crippen molar-refractivity contribution in [3.05, 3.63) is 63.6 Å². The van der Waals surface area contributed by atoms with Crippen LogP contribution in [-0.4, -0.2) is 23.2 Å². The van der Waals surface area contributed by atoms with E-state index in [1.54, 1.807) is 25.1 Å². The van der Waals surface area contributed by atoms with Crippen molar-refractivity contribution in [1.82, 2.24) is 5.32 Å². The highest BCUT2D eigenvalue weighted by Crippen LogP contribution is 2.34. The Bertz CT molecular complexity index is 897. The van der Waals surface area contributed by atoms with Gasteiger partial charge in [0.25, 0.3) is 0 Å². The van der Waals surface area contributed by atoms with E-state index in [1.165, 1.54) is 18.4 Å². The Balaban J connectivity index is 1.64. The fraction of sp³-hybridized carbons (Fsp3) is 0.391. The summed E-state index contributed by atoms with van der Waals surface area (Å²) < 4.78 is 5.07. The van der Waals surface area contributed by atoms with E-state index in [4.69, 9.17) is 40.2 Å². The molecule has 7 heteroatoms. The summed E-state index contributed by atoms with van der Waals surface area (Å²) in [6.07, 6.45) is 6.48. The Morgan fingerprint density at radius 2 is 1.83 bits per heavy atom. The first-order chi connectivity index (χ1) is 14.4. The van der Waals surface area contributed by atoms with Gasteiger partial charge in [-0.2, -0.15) is 0 Å². The highest BCUT2D eigenvalue weighted by atomic mass is 35.5. The third kappa shape index (κ3) is 6.10. The molecule has 1 saturated carbocycles. The molecule has 30 heavy (non-hydrogen) atoms. The van der Waals surface area contributed by atoms with Crippen molar-refractivity contribution in [3.63, 3.8) is 0 Å². The van der Waals surface area contributed by atoms with Crippen LogP contribution in [0.4, 0.5) is 5.69 Å². The van der Waals surface area contributed by atoms with Gasteiger partial charge in [-0.3, -0.25) is 0 Å². The molecule has 2 N–H and O–H groups in total. The van der Waals surface area contributed by atoms with Crippen molar-refractivity contribution in [2.75, 3.05) is 11.9 Å². The lowest BCUT2D eigenvalue weighted by molar-refractivity contribution is 0.0526. The van der Waals surface area contributed by atoms with E-state index in [0.29, 0.717) is 28.0 Å². The lowest BCUT2D eigenvalue weighted by Gasteiger charge is -2.32. The highest BCUT2D eigenvalue weighted by Gasteiger charge is 2.34. The average Bonchev–Trinajstić information content (AvgIpc) is 3.17. The summed E-state index contributed by atoms with van der Waals surface area (Å²) in [5.41, 5.74) is 2.26. The molecule has 3 rings (SSSR count). The fourth-order valence-electron chi connectivity index (χ4n) is 3.90. The predicted molar refractivity (Wildman–Crippen MR) is 128 cm³/mol. The molecule has 0 spiro atoms. The van der Waals surface area contributed by atoms with E-state index < -0.39 is 5.97 Å². The highest BCUT2D eigenvalue weighted by molar-refractivity contribution is 7.80. The average molecular weight is 465 g/mol. The van der Waals surface area contributed by atoms with Crippen LogP contribution < -0.4 is 10.6 Å². The number of esters is 1. The Hall–Kier alpha value is -1.82. The quantitative estimate of drug-likeness (QED) is 0.366. The molecular weight excluding hydrogens is 439 g/mol. The van der Waals surface area contributed by atoms with Crippen LogP contribution in [0.3, 0.4) is 0 Å². The third-order valence-corrected chi connectivity index (χ3v) is 6.25. The van der Waals surface area contributed by atoms with Crippen molar-refractivity contribution in [2.45, 2.75) is 51.0 Å². The number of hydrogen-bond donors (Lipinski definition) is 2. The summed E-state index contributed by atoms with van der Waals surface area (Å²) in [6.45, 7) is 2.06. The number of carbonyl (C=O) groups excluding carboxylic acids is 1. The number of rotatable bonds is 7. The van der Waals surface area contributed by atoms with Crippen molar-refractivity contribution in [2.24, 2.45) is 0 Å². The Labute approximate surface area is 193 Å². The zero-order valence-corrected chi connectivity index (χ0v) is 19.3. The molecule has 0 amide bonds. The van der Waals surface area contributed by atoms with Crippen molar-refractivity contribution in [3.8, 4) is 0 Å². The summed E-state index contributed by atoms with van der Waals surface area (Å²) in [7, 11) is 0. The number of aryl methyl sites for hydroxylation is 1. The van der Waals surface area contributed by atoms with E-state index in [9.17, 15) is 4.79 Å². The van der Waals surface area contributed by atoms with E-state index in [0.717, 1.165) is 30.7 Å². The number of benzene rings is 2. The minimum Gasteiger partial charge on any atom is -0.462 e. The lowest BCUT2D eigenvalue weighted by Crippen LogP contribution is -2.48. The van der Waals surface area contributed by atoms with Gasteiger partial charge in [0.05, 0.1) is 17.2 Å². The summed E-state index contributed by atoms with van der Waals surface area (Å²) in [5, 5.41) is 8.41. The summed E-state index contributed by atoms with van der Waals surface area (Å²) in [4.78, 5) is 12.1. The number of carbonyl (C=O) groups is 1. The Morgan fingerprint density at radius 1 is 1.13 bits per heavy atom. The van der Waals surface area contributed by atoms with Crippen LogP contribution in [0.15, 0.2) is 42.5 Å². The molecule has 2 aromatic rings. The van der Waals surface area contributed by atoms with Crippen LogP contribution >= 0.6 is 35.4 Å². The van der Waals surface area contributed by atoms with Crippen molar-refractivity contribution in [1.29, 1.82) is 0 Å².